The summed E-state index contributed by atoms with van der Waals surface area (Å²) in [4.78, 5) is 0. The summed E-state index contributed by atoms with van der Waals surface area (Å²) in [5.41, 5.74) is 0. The van der Waals surface area contributed by atoms with Crippen molar-refractivity contribution >= 4 is 13.3 Å². The van der Waals surface area contributed by atoms with Crippen molar-refractivity contribution in [1.82, 2.24) is 0 Å². The molecule has 0 atom stereocenters. The molecule has 0 radical (unpaired) electrons. The van der Waals surface area contributed by atoms with Crippen LogP contribution in [0.5, 0.6) is 0 Å². The van der Waals surface area contributed by atoms with Crippen molar-refractivity contribution in [3.05, 3.63) is 0 Å². The molecule has 0 aliphatic heterocycles. The summed E-state index contributed by atoms with van der Waals surface area (Å²) in [5.74, 6) is 0. The molecular weight excluding hydrogens is 265 g/mol. The Hall–Kier alpha value is 0.543. The van der Waals surface area contributed by atoms with E-state index in [1.807, 2.05) is 13.8 Å². The first-order valence-electron chi connectivity index (χ1n) is 8.33. The zero-order valence-electron chi connectivity index (χ0n) is 12.7. The van der Waals surface area contributed by atoms with E-state index in [1.165, 1.54) is 9.50 Å². The fourth-order valence-corrected chi connectivity index (χ4v) is 18.6. The molecule has 102 valence electrons. The molecule has 2 aliphatic rings. The van der Waals surface area contributed by atoms with Crippen molar-refractivity contribution in [2.75, 3.05) is 0 Å². The molecule has 17 heavy (non-hydrogen) atoms. The molecule has 0 spiro atoms. The summed E-state index contributed by atoms with van der Waals surface area (Å²) in [6, 6.07) is 0. The van der Waals surface area contributed by atoms with Gasteiger partial charge in [-0.05, 0) is 0 Å². The van der Waals surface area contributed by atoms with Crippen LogP contribution in [0.3, 0.4) is 0 Å². The molecular formula is C16H34Ge. The summed E-state index contributed by atoms with van der Waals surface area (Å²) in [6.45, 7) is 9.08. The molecule has 0 amide bonds. The Kier molecular flexibility index (Phi) is 7.22. The van der Waals surface area contributed by atoms with Crippen molar-refractivity contribution in [2.24, 2.45) is 0 Å². The standard InChI is InChI=1S/C14H28Ge.C2H6/c1-3-15(4-2,13-9-5-6-10-13)14-11-7-8-12-14;1-2/h13-14H,3-12H2,1-2H3;1-2H3. The van der Waals surface area contributed by atoms with Gasteiger partial charge in [0.25, 0.3) is 0 Å². The van der Waals surface area contributed by atoms with Gasteiger partial charge in [0.2, 0.25) is 0 Å². The van der Waals surface area contributed by atoms with Crippen LogP contribution in [0, 0.1) is 0 Å². The van der Waals surface area contributed by atoms with Crippen LogP contribution in [0.4, 0.5) is 0 Å². The Balaban J connectivity index is 0.000000686. The minimum atomic E-state index is -1.44. The van der Waals surface area contributed by atoms with E-state index in [4.69, 9.17) is 0 Å². The third-order valence-electron chi connectivity index (χ3n) is 5.65. The molecule has 2 aliphatic carbocycles. The third-order valence-corrected chi connectivity index (χ3v) is 20.4. The summed E-state index contributed by atoms with van der Waals surface area (Å²) >= 11 is -1.44. The quantitative estimate of drug-likeness (QED) is 0.528. The molecule has 0 heterocycles. The molecule has 0 unspecified atom stereocenters. The Morgan fingerprint density at radius 1 is 0.706 bits per heavy atom. The first-order valence-corrected chi connectivity index (χ1v) is 13.7. The van der Waals surface area contributed by atoms with Gasteiger partial charge in [0.1, 0.15) is 0 Å². The Labute approximate surface area is 112 Å². The predicted octanol–water partition coefficient (Wildman–Crippen LogP) is 6.39. The molecule has 0 aromatic carbocycles. The zero-order valence-corrected chi connectivity index (χ0v) is 14.8. The molecule has 0 nitrogen and oxygen atoms in total. The van der Waals surface area contributed by atoms with Crippen molar-refractivity contribution in [3.8, 4) is 0 Å². The van der Waals surface area contributed by atoms with Crippen LogP contribution >= 0.6 is 0 Å². The van der Waals surface area contributed by atoms with E-state index in [2.05, 4.69) is 13.8 Å². The second kappa shape index (κ2) is 7.86. The number of hydrogen-bond donors (Lipinski definition) is 0. The van der Waals surface area contributed by atoms with E-state index in [9.17, 15) is 0 Å². The molecule has 2 fully saturated rings. The van der Waals surface area contributed by atoms with Crippen molar-refractivity contribution in [1.29, 1.82) is 0 Å². The van der Waals surface area contributed by atoms with Crippen LogP contribution in [0.25, 0.3) is 0 Å². The maximum atomic E-state index is 2.54. The second-order valence-corrected chi connectivity index (χ2v) is 17.5. The van der Waals surface area contributed by atoms with E-state index in [-0.39, 0.29) is 0 Å². The second-order valence-electron chi connectivity index (χ2n) is 5.90. The monoisotopic (exact) mass is 300 g/mol. The van der Waals surface area contributed by atoms with Crippen LogP contribution in [-0.4, -0.2) is 13.3 Å². The van der Waals surface area contributed by atoms with Gasteiger partial charge in [0.05, 0.1) is 0 Å². The minimum absolute atomic E-state index is 1.27. The van der Waals surface area contributed by atoms with Gasteiger partial charge in [-0.25, -0.2) is 0 Å². The van der Waals surface area contributed by atoms with E-state index >= 15 is 0 Å². The van der Waals surface area contributed by atoms with Crippen LogP contribution in [-0.2, 0) is 0 Å². The van der Waals surface area contributed by atoms with Gasteiger partial charge in [-0.3, -0.25) is 0 Å². The van der Waals surface area contributed by atoms with Crippen LogP contribution in [0.1, 0.15) is 79.1 Å². The number of rotatable bonds is 4. The first-order chi connectivity index (χ1) is 8.33. The molecule has 0 aromatic rings. The fraction of sp³-hybridized carbons (Fsp3) is 1.00. The summed E-state index contributed by atoms with van der Waals surface area (Å²) in [5, 5.41) is 3.26. The Bertz CT molecular complexity index is 166. The van der Waals surface area contributed by atoms with Crippen molar-refractivity contribution < 1.29 is 0 Å². The topological polar surface area (TPSA) is 0 Å². The molecule has 0 aromatic heterocycles. The summed E-state index contributed by atoms with van der Waals surface area (Å²) in [7, 11) is 0. The van der Waals surface area contributed by atoms with Crippen molar-refractivity contribution in [3.63, 3.8) is 0 Å². The molecule has 2 saturated carbocycles. The molecule has 1 heteroatoms. The van der Waals surface area contributed by atoms with Gasteiger partial charge in [0, 0.05) is 0 Å². The first kappa shape index (κ1) is 15.6. The van der Waals surface area contributed by atoms with E-state index < -0.39 is 13.3 Å². The SMILES string of the molecule is CC.C[CH2][Ge]([CH2]C)([CH]1CCCC1)[CH]1CCCC1. The molecule has 2 rings (SSSR count). The van der Waals surface area contributed by atoms with E-state index in [0.717, 1.165) is 0 Å². The van der Waals surface area contributed by atoms with E-state index in [0.29, 0.717) is 0 Å². The summed E-state index contributed by atoms with van der Waals surface area (Å²) < 4.78 is 2.53. The van der Waals surface area contributed by atoms with Crippen LogP contribution in [0.15, 0.2) is 0 Å². The average molecular weight is 299 g/mol. The Morgan fingerprint density at radius 3 is 1.24 bits per heavy atom. The maximum absolute atomic E-state index is 2.54. The van der Waals surface area contributed by atoms with Crippen molar-refractivity contribution in [2.45, 2.75) is 99.1 Å². The van der Waals surface area contributed by atoms with Gasteiger partial charge in [-0.1, -0.05) is 13.8 Å². The summed E-state index contributed by atoms with van der Waals surface area (Å²) in [6.07, 6.45) is 12.7. The van der Waals surface area contributed by atoms with Gasteiger partial charge in [0.15, 0.2) is 0 Å². The van der Waals surface area contributed by atoms with Gasteiger partial charge < -0.3 is 0 Å². The fourth-order valence-electron chi connectivity index (χ4n) is 4.74. The molecule has 0 N–H and O–H groups in total. The molecule has 0 saturated heterocycles. The van der Waals surface area contributed by atoms with Crippen LogP contribution in [0.2, 0.25) is 20.0 Å². The van der Waals surface area contributed by atoms with Crippen LogP contribution < -0.4 is 0 Å². The average Bonchev–Trinajstić information content (AvgIpc) is 3.07. The normalized spacial score (nSPS) is 22.6. The van der Waals surface area contributed by atoms with Gasteiger partial charge in [-0.2, -0.15) is 0 Å². The van der Waals surface area contributed by atoms with E-state index in [1.54, 1.807) is 61.9 Å². The Morgan fingerprint density at radius 2 is 1.00 bits per heavy atom. The third kappa shape index (κ3) is 3.30. The molecule has 0 bridgehead atoms. The van der Waals surface area contributed by atoms with Gasteiger partial charge >= 0.3 is 98.5 Å². The zero-order chi connectivity index (χ0) is 12.7. The van der Waals surface area contributed by atoms with Gasteiger partial charge in [-0.15, -0.1) is 0 Å². The predicted molar refractivity (Wildman–Crippen MR) is 82.5 cm³/mol. The number of hydrogen-bond acceptors (Lipinski definition) is 0.